The lowest BCUT2D eigenvalue weighted by Gasteiger charge is -2.20. The summed E-state index contributed by atoms with van der Waals surface area (Å²) in [6.07, 6.45) is -2.61. The first-order chi connectivity index (χ1) is 14.5. The number of aromatic nitrogens is 2. The van der Waals surface area contributed by atoms with E-state index in [1.807, 2.05) is 0 Å². The first-order valence-electron chi connectivity index (χ1n) is 9.50. The maximum atomic E-state index is 13.3. The number of hydrogen-bond acceptors (Lipinski definition) is 5. The van der Waals surface area contributed by atoms with Gasteiger partial charge in [0.2, 0.25) is 5.95 Å². The lowest BCUT2D eigenvalue weighted by atomic mass is 10.1. The Labute approximate surface area is 167 Å². The van der Waals surface area contributed by atoms with Crippen LogP contribution >= 0.6 is 0 Å². The van der Waals surface area contributed by atoms with E-state index in [1.54, 1.807) is 6.07 Å². The van der Waals surface area contributed by atoms with Crippen LogP contribution in [0.1, 0.15) is 13.9 Å². The predicted octanol–water partition coefficient (Wildman–Crippen LogP) is 3.19. The average molecular weight is 412 g/mol. The van der Waals surface area contributed by atoms with E-state index in [4.69, 9.17) is 7.48 Å². The summed E-state index contributed by atoms with van der Waals surface area (Å²) in [5.74, 6) is -1.97. The molecule has 0 spiro atoms. The van der Waals surface area contributed by atoms with E-state index in [9.17, 15) is 22.4 Å². The van der Waals surface area contributed by atoms with Crippen molar-refractivity contribution in [1.82, 2.24) is 14.9 Å². The van der Waals surface area contributed by atoms with Gasteiger partial charge in [-0.3, -0.25) is 4.79 Å². The second kappa shape index (κ2) is 8.56. The van der Waals surface area contributed by atoms with Crippen LogP contribution in [-0.4, -0.2) is 46.0 Å². The zero-order chi connectivity index (χ0) is 22.8. The molecule has 1 aliphatic rings. The average Bonchev–Trinajstić information content (AvgIpc) is 3.09. The number of ether oxygens (including phenoxy) is 1. The van der Waals surface area contributed by atoms with E-state index >= 15 is 0 Å². The van der Waals surface area contributed by atoms with Crippen LogP contribution in [0.4, 0.5) is 23.5 Å². The first-order valence-corrected chi connectivity index (χ1v) is 8.50. The number of rotatable bonds is 6. The minimum Gasteiger partial charge on any atom is -0.369 e. The van der Waals surface area contributed by atoms with E-state index in [0.717, 1.165) is 29.2 Å². The van der Waals surface area contributed by atoms with Gasteiger partial charge in [-0.05, 0) is 23.8 Å². The summed E-state index contributed by atoms with van der Waals surface area (Å²) in [5.41, 5.74) is -1.07. The summed E-state index contributed by atoms with van der Waals surface area (Å²) in [6.45, 7) is 0.264. The van der Waals surface area contributed by atoms with Crippen LogP contribution in [0.5, 0.6) is 0 Å². The van der Waals surface area contributed by atoms with E-state index < -0.39 is 42.2 Å². The molecule has 2 atom stereocenters. The third-order valence-corrected chi connectivity index (χ3v) is 4.21. The van der Waals surface area contributed by atoms with Crippen molar-refractivity contribution < 1.29 is 29.8 Å². The molecule has 1 aliphatic heterocycles. The number of hydrogen-bond donors (Lipinski definition) is 1. The molecule has 1 fully saturated rings. The van der Waals surface area contributed by atoms with Gasteiger partial charge in [-0.2, -0.15) is 13.2 Å². The number of likely N-dealkylation sites (tertiary alicyclic amines) is 1. The highest BCUT2D eigenvalue weighted by molar-refractivity contribution is 5.90. The minimum absolute atomic E-state index is 0.0478. The lowest BCUT2D eigenvalue weighted by Crippen LogP contribution is -2.35. The largest absolute Gasteiger partial charge is 0.416 e. The second-order valence-corrected chi connectivity index (χ2v) is 6.27. The molecule has 0 bridgehead atoms. The van der Waals surface area contributed by atoms with E-state index in [-0.39, 0.29) is 24.6 Å². The van der Waals surface area contributed by atoms with Crippen LogP contribution in [0, 0.1) is 0 Å². The molecule has 2 aromatic rings. The van der Waals surface area contributed by atoms with Crippen molar-refractivity contribution in [3.05, 3.63) is 66.3 Å². The molecule has 1 saturated heterocycles. The molecule has 0 saturated carbocycles. The third-order valence-electron chi connectivity index (χ3n) is 4.21. The normalized spacial score (nSPS) is 20.8. The molecule has 0 aliphatic carbocycles. The number of benzene rings is 1. The quantitative estimate of drug-likeness (QED) is 0.583. The van der Waals surface area contributed by atoms with Crippen molar-refractivity contribution in [1.29, 1.82) is 0 Å². The van der Waals surface area contributed by atoms with Gasteiger partial charge >= 0.3 is 6.18 Å². The number of nitrogens with one attached hydrogen (secondary N) is 1. The highest BCUT2D eigenvalue weighted by Crippen LogP contribution is 2.29. The fraction of sp³-hybridized carbons (Fsp3) is 0.316. The van der Waals surface area contributed by atoms with Crippen molar-refractivity contribution in [2.75, 3.05) is 18.4 Å². The second-order valence-electron chi connectivity index (χ2n) is 6.27. The topological polar surface area (TPSA) is 67.3 Å². The smallest absolute Gasteiger partial charge is 0.369 e. The van der Waals surface area contributed by atoms with Crippen LogP contribution < -0.4 is 5.32 Å². The number of halogens is 4. The maximum Gasteiger partial charge on any atom is 0.416 e. The number of alkyl halides is 3. The van der Waals surface area contributed by atoms with E-state index in [0.29, 0.717) is 0 Å². The maximum absolute atomic E-state index is 13.3. The molecular formula is C19H18F4N4O2. The number of carbonyl (C=O) groups is 1. The Morgan fingerprint density at radius 3 is 2.52 bits per heavy atom. The van der Waals surface area contributed by atoms with Gasteiger partial charge in [0, 0.05) is 25.5 Å². The van der Waals surface area contributed by atoms with Crippen molar-refractivity contribution in [2.45, 2.75) is 24.9 Å². The zero-order valence-electron chi connectivity index (χ0n) is 17.0. The fourth-order valence-corrected chi connectivity index (χ4v) is 2.78. The number of amides is 1. The van der Waals surface area contributed by atoms with E-state index in [2.05, 4.69) is 21.9 Å². The molecule has 29 heavy (non-hydrogen) atoms. The Hall–Kier alpha value is -3.01. The Morgan fingerprint density at radius 1 is 1.28 bits per heavy atom. The van der Waals surface area contributed by atoms with Crippen LogP contribution in [-0.2, 0) is 22.3 Å². The minimum atomic E-state index is -4.56. The number of carbonyl (C=O) groups excluding carboxylic acids is 1. The summed E-state index contributed by atoms with van der Waals surface area (Å²) in [6, 6.07) is 4.33. The Morgan fingerprint density at radius 2 is 1.93 bits per heavy atom. The van der Waals surface area contributed by atoms with Crippen LogP contribution in [0.3, 0.4) is 0 Å². The predicted molar refractivity (Wildman–Crippen MR) is 96.3 cm³/mol. The molecular weight excluding hydrogens is 392 g/mol. The van der Waals surface area contributed by atoms with Crippen molar-refractivity contribution in [2.24, 2.45) is 0 Å². The van der Waals surface area contributed by atoms with Gasteiger partial charge in [0.15, 0.2) is 5.83 Å². The molecule has 1 aromatic heterocycles. The summed E-state index contributed by atoms with van der Waals surface area (Å²) in [7, 11) is 0. The highest BCUT2D eigenvalue weighted by Gasteiger charge is 2.37. The van der Waals surface area contributed by atoms with Gasteiger partial charge in [0.25, 0.3) is 5.91 Å². The van der Waals surface area contributed by atoms with Crippen LogP contribution in [0.25, 0.3) is 0 Å². The molecule has 1 aromatic carbocycles. The molecule has 1 amide bonds. The van der Waals surface area contributed by atoms with Crippen LogP contribution in [0.2, 0.25) is 0 Å². The Bertz CT molecular complexity index is 942. The van der Waals surface area contributed by atoms with Crippen molar-refractivity contribution in [3.8, 4) is 0 Å². The number of nitrogens with zero attached hydrogens (tertiary/aromatic N) is 3. The lowest BCUT2D eigenvalue weighted by molar-refractivity contribution is -0.137. The molecule has 10 heteroatoms. The SMILES string of the molecule is [2H]C([2H])(O[C@@H]1CN(C(=O)C(=C)F)C[C@H]1Nc1ncccn1)c1ccc(C(F)(F)F)cc1. The fourth-order valence-electron chi connectivity index (χ4n) is 2.78. The van der Waals surface area contributed by atoms with Crippen molar-refractivity contribution >= 4 is 11.9 Å². The van der Waals surface area contributed by atoms with Crippen molar-refractivity contribution in [3.63, 3.8) is 0 Å². The molecule has 2 heterocycles. The molecule has 1 N–H and O–H groups in total. The van der Waals surface area contributed by atoms with Gasteiger partial charge < -0.3 is 15.0 Å². The Balaban J connectivity index is 1.80. The standard InChI is InChI=1S/C19H18F4N4O2/c1-12(20)17(28)27-9-15(26-18-24-7-2-8-25-18)16(10-27)29-11-13-3-5-14(6-4-13)19(21,22)23/h2-8,15-16H,1,9-11H2,(H,24,25,26)/t15-,16-/m1/s1/i11D2. The van der Waals surface area contributed by atoms with Gasteiger partial charge in [-0.25, -0.2) is 14.4 Å². The summed E-state index contributed by atoms with van der Waals surface area (Å²) < 4.78 is 73.6. The monoisotopic (exact) mass is 412 g/mol. The van der Waals surface area contributed by atoms with Crippen LogP contribution in [0.15, 0.2) is 55.1 Å². The van der Waals surface area contributed by atoms with Gasteiger partial charge in [0.1, 0.15) is 0 Å². The molecule has 154 valence electrons. The Kier molecular flexibility index (Phi) is 5.33. The molecule has 3 rings (SSSR count). The molecule has 6 nitrogen and oxygen atoms in total. The summed E-state index contributed by atoms with van der Waals surface area (Å²) in [4.78, 5) is 21.1. The summed E-state index contributed by atoms with van der Waals surface area (Å²) in [5, 5.41) is 2.91. The molecule has 0 radical (unpaired) electrons. The van der Waals surface area contributed by atoms with Gasteiger partial charge in [-0.15, -0.1) is 0 Å². The van der Waals surface area contributed by atoms with Gasteiger partial charge in [0.05, 0.1) is 27.0 Å². The zero-order valence-corrected chi connectivity index (χ0v) is 15.0. The highest BCUT2D eigenvalue weighted by atomic mass is 19.4. The molecule has 0 unspecified atom stereocenters. The van der Waals surface area contributed by atoms with Gasteiger partial charge in [-0.1, -0.05) is 18.7 Å². The first kappa shape index (κ1) is 18.0. The van der Waals surface area contributed by atoms with E-state index in [1.165, 1.54) is 12.4 Å². The number of anilines is 1. The third kappa shape index (κ3) is 5.29. The summed E-state index contributed by atoms with van der Waals surface area (Å²) >= 11 is 0.